The highest BCUT2D eigenvalue weighted by Gasteiger charge is 2.10. The SMILES string of the molecule is C/C=C/C(=O)OC(CO)CCN=C=O. The van der Waals surface area contributed by atoms with Gasteiger partial charge in [0.05, 0.1) is 13.2 Å². The monoisotopic (exact) mass is 199 g/mol. The number of esters is 1. The van der Waals surface area contributed by atoms with Gasteiger partial charge in [0.25, 0.3) is 0 Å². The third kappa shape index (κ3) is 6.11. The number of isocyanates is 1. The molecule has 0 saturated carbocycles. The van der Waals surface area contributed by atoms with Gasteiger partial charge in [0.15, 0.2) is 0 Å². The smallest absolute Gasteiger partial charge is 0.330 e. The van der Waals surface area contributed by atoms with E-state index < -0.39 is 12.1 Å². The van der Waals surface area contributed by atoms with E-state index in [1.54, 1.807) is 13.0 Å². The van der Waals surface area contributed by atoms with Crippen molar-refractivity contribution in [3.05, 3.63) is 12.2 Å². The first-order valence-corrected chi connectivity index (χ1v) is 4.22. The molecule has 0 fully saturated rings. The fourth-order valence-electron chi connectivity index (χ4n) is 0.781. The molecule has 0 aromatic rings. The lowest BCUT2D eigenvalue weighted by Gasteiger charge is -2.12. The Kier molecular flexibility index (Phi) is 7.32. The first kappa shape index (κ1) is 12.6. The molecule has 0 saturated heterocycles. The lowest BCUT2D eigenvalue weighted by molar-refractivity contribution is -0.145. The van der Waals surface area contributed by atoms with Gasteiger partial charge in [0.1, 0.15) is 6.10 Å². The standard InChI is InChI=1S/C9H13NO4/c1-2-3-9(13)14-8(6-11)4-5-10-7-12/h2-3,8,11H,4-6H2,1H3/b3-2+. The Balaban J connectivity index is 3.89. The van der Waals surface area contributed by atoms with Crippen molar-refractivity contribution in [1.82, 2.24) is 0 Å². The van der Waals surface area contributed by atoms with Crippen LogP contribution in [-0.4, -0.2) is 36.4 Å². The molecule has 14 heavy (non-hydrogen) atoms. The molecule has 78 valence electrons. The molecule has 0 rings (SSSR count). The summed E-state index contributed by atoms with van der Waals surface area (Å²) in [7, 11) is 0. The van der Waals surface area contributed by atoms with E-state index in [1.807, 2.05) is 0 Å². The van der Waals surface area contributed by atoms with E-state index in [4.69, 9.17) is 9.84 Å². The van der Waals surface area contributed by atoms with E-state index in [2.05, 4.69) is 4.99 Å². The van der Waals surface area contributed by atoms with Crippen LogP contribution in [0.25, 0.3) is 0 Å². The van der Waals surface area contributed by atoms with Gasteiger partial charge in [-0.25, -0.2) is 14.6 Å². The average Bonchev–Trinajstić information content (AvgIpc) is 2.17. The average molecular weight is 199 g/mol. The largest absolute Gasteiger partial charge is 0.457 e. The zero-order valence-electron chi connectivity index (χ0n) is 7.97. The number of rotatable bonds is 6. The highest BCUT2D eigenvalue weighted by atomic mass is 16.5. The summed E-state index contributed by atoms with van der Waals surface area (Å²) in [6.07, 6.45) is 3.86. The molecule has 5 heteroatoms. The summed E-state index contributed by atoms with van der Waals surface area (Å²) in [6.45, 7) is 1.60. The molecule has 5 nitrogen and oxygen atoms in total. The number of aliphatic hydroxyl groups is 1. The van der Waals surface area contributed by atoms with Crippen molar-refractivity contribution in [2.45, 2.75) is 19.4 Å². The summed E-state index contributed by atoms with van der Waals surface area (Å²) >= 11 is 0. The Bertz CT molecular complexity index is 243. The first-order valence-electron chi connectivity index (χ1n) is 4.22. The summed E-state index contributed by atoms with van der Waals surface area (Å²) in [5, 5.41) is 8.80. The number of hydrogen-bond acceptors (Lipinski definition) is 5. The number of nitrogens with zero attached hydrogens (tertiary/aromatic N) is 1. The second-order valence-corrected chi connectivity index (χ2v) is 2.50. The molecule has 0 aliphatic rings. The maximum absolute atomic E-state index is 10.9. The van der Waals surface area contributed by atoms with Gasteiger partial charge >= 0.3 is 5.97 Å². The molecular weight excluding hydrogens is 186 g/mol. The molecule has 0 heterocycles. The Labute approximate surface area is 82.1 Å². The minimum absolute atomic E-state index is 0.192. The molecule has 0 bridgehead atoms. The number of aliphatic imine (C=N–C) groups is 1. The predicted octanol–water partition coefficient (Wildman–Crippen LogP) is 0.192. The number of carbonyl (C=O) groups is 1. The van der Waals surface area contributed by atoms with Gasteiger partial charge in [-0.2, -0.15) is 0 Å². The van der Waals surface area contributed by atoms with Crippen molar-refractivity contribution < 1.29 is 19.4 Å². The van der Waals surface area contributed by atoms with Crippen molar-refractivity contribution in [2.75, 3.05) is 13.2 Å². The number of hydrogen-bond donors (Lipinski definition) is 1. The molecular formula is C9H13NO4. The second-order valence-electron chi connectivity index (χ2n) is 2.50. The van der Waals surface area contributed by atoms with Crippen molar-refractivity contribution in [3.63, 3.8) is 0 Å². The predicted molar refractivity (Wildman–Crippen MR) is 49.4 cm³/mol. The van der Waals surface area contributed by atoms with Crippen molar-refractivity contribution in [2.24, 2.45) is 4.99 Å². The molecule has 0 aliphatic carbocycles. The quantitative estimate of drug-likeness (QED) is 0.287. The fraction of sp³-hybridized carbons (Fsp3) is 0.556. The normalized spacial score (nSPS) is 12.1. The van der Waals surface area contributed by atoms with E-state index in [0.717, 1.165) is 0 Å². The van der Waals surface area contributed by atoms with Gasteiger partial charge in [-0.1, -0.05) is 6.08 Å². The molecule has 0 aromatic heterocycles. The molecule has 1 N–H and O–H groups in total. The van der Waals surface area contributed by atoms with Crippen LogP contribution in [0.5, 0.6) is 0 Å². The van der Waals surface area contributed by atoms with Crippen molar-refractivity contribution >= 4 is 12.0 Å². The Hall–Kier alpha value is -1.45. The van der Waals surface area contributed by atoms with Crippen LogP contribution in [0.4, 0.5) is 0 Å². The summed E-state index contributed by atoms with van der Waals surface area (Å²) in [5.41, 5.74) is 0. The Morgan fingerprint density at radius 1 is 1.71 bits per heavy atom. The van der Waals surface area contributed by atoms with Crippen LogP contribution in [-0.2, 0) is 14.3 Å². The molecule has 0 amide bonds. The van der Waals surface area contributed by atoms with Crippen LogP contribution in [0, 0.1) is 0 Å². The Morgan fingerprint density at radius 3 is 2.93 bits per heavy atom. The number of carbonyl (C=O) groups excluding carboxylic acids is 2. The molecule has 0 radical (unpaired) electrons. The van der Waals surface area contributed by atoms with Gasteiger partial charge in [-0.05, 0) is 6.92 Å². The Morgan fingerprint density at radius 2 is 2.43 bits per heavy atom. The topological polar surface area (TPSA) is 76.0 Å². The molecule has 0 spiro atoms. The van der Waals surface area contributed by atoms with E-state index >= 15 is 0 Å². The van der Waals surface area contributed by atoms with Crippen molar-refractivity contribution in [3.8, 4) is 0 Å². The number of aliphatic hydroxyl groups excluding tert-OH is 1. The molecule has 0 aliphatic heterocycles. The summed E-state index contributed by atoms with van der Waals surface area (Å²) in [4.78, 5) is 23.9. The maximum Gasteiger partial charge on any atom is 0.330 e. The minimum Gasteiger partial charge on any atom is -0.457 e. The second kappa shape index (κ2) is 8.16. The van der Waals surface area contributed by atoms with E-state index in [1.165, 1.54) is 12.2 Å². The maximum atomic E-state index is 10.9. The van der Waals surface area contributed by atoms with E-state index in [-0.39, 0.29) is 13.2 Å². The number of allylic oxidation sites excluding steroid dienone is 1. The fourth-order valence-corrected chi connectivity index (χ4v) is 0.781. The molecule has 1 atom stereocenters. The lowest BCUT2D eigenvalue weighted by atomic mass is 10.2. The van der Waals surface area contributed by atoms with Gasteiger partial charge < -0.3 is 9.84 Å². The van der Waals surface area contributed by atoms with Crippen LogP contribution < -0.4 is 0 Å². The third-order valence-corrected chi connectivity index (χ3v) is 1.42. The zero-order valence-corrected chi connectivity index (χ0v) is 7.97. The zero-order chi connectivity index (χ0) is 10.8. The van der Waals surface area contributed by atoms with Gasteiger partial charge in [-0.3, -0.25) is 0 Å². The highest BCUT2D eigenvalue weighted by Crippen LogP contribution is 1.99. The van der Waals surface area contributed by atoms with Gasteiger partial charge in [0.2, 0.25) is 6.08 Å². The highest BCUT2D eigenvalue weighted by molar-refractivity contribution is 5.81. The lowest BCUT2D eigenvalue weighted by Crippen LogP contribution is -2.21. The van der Waals surface area contributed by atoms with Crippen LogP contribution in [0.15, 0.2) is 17.1 Å². The van der Waals surface area contributed by atoms with Crippen LogP contribution in [0.1, 0.15) is 13.3 Å². The van der Waals surface area contributed by atoms with Crippen molar-refractivity contribution in [1.29, 1.82) is 0 Å². The van der Waals surface area contributed by atoms with E-state index in [0.29, 0.717) is 6.42 Å². The summed E-state index contributed by atoms with van der Waals surface area (Å²) in [5.74, 6) is -0.512. The number of ether oxygens (including phenoxy) is 1. The summed E-state index contributed by atoms with van der Waals surface area (Å²) < 4.78 is 4.82. The van der Waals surface area contributed by atoms with E-state index in [9.17, 15) is 9.59 Å². The summed E-state index contributed by atoms with van der Waals surface area (Å²) in [6, 6.07) is 0. The van der Waals surface area contributed by atoms with Gasteiger partial charge in [0, 0.05) is 12.5 Å². The van der Waals surface area contributed by atoms with Crippen LogP contribution >= 0.6 is 0 Å². The van der Waals surface area contributed by atoms with Crippen LogP contribution in [0.3, 0.4) is 0 Å². The minimum atomic E-state index is -0.615. The molecule has 1 unspecified atom stereocenters. The van der Waals surface area contributed by atoms with Crippen LogP contribution in [0.2, 0.25) is 0 Å². The first-order chi connectivity index (χ1) is 6.74. The third-order valence-electron chi connectivity index (χ3n) is 1.42. The molecule has 0 aromatic carbocycles. The van der Waals surface area contributed by atoms with Gasteiger partial charge in [-0.15, -0.1) is 0 Å².